The smallest absolute Gasteiger partial charge is 0.238 e. The number of nitrogens with zero attached hydrogens (tertiary/aromatic N) is 1. The number of fused-ring (bicyclic) bond motifs is 2. The SMILES string of the molecule is O=C(CN1CCc2c(oc3c(Cl)cccc3c2=O)C1)Nc1ccccc1F. The van der Waals surface area contributed by atoms with Gasteiger partial charge in [-0.15, -0.1) is 0 Å². The summed E-state index contributed by atoms with van der Waals surface area (Å²) in [5, 5.41) is 3.40. The Morgan fingerprint density at radius 1 is 1.22 bits per heavy atom. The predicted octanol–water partition coefficient (Wildman–Crippen LogP) is 3.58. The molecule has 138 valence electrons. The van der Waals surface area contributed by atoms with E-state index in [1.165, 1.54) is 12.1 Å². The topological polar surface area (TPSA) is 62.6 Å². The van der Waals surface area contributed by atoms with Crippen molar-refractivity contribution in [3.8, 4) is 0 Å². The van der Waals surface area contributed by atoms with Crippen molar-refractivity contribution < 1.29 is 13.6 Å². The number of hydrogen-bond acceptors (Lipinski definition) is 4. The van der Waals surface area contributed by atoms with Gasteiger partial charge in [0, 0.05) is 12.1 Å². The summed E-state index contributed by atoms with van der Waals surface area (Å²) in [6.45, 7) is 0.920. The summed E-state index contributed by atoms with van der Waals surface area (Å²) in [7, 11) is 0. The van der Waals surface area contributed by atoms with Gasteiger partial charge < -0.3 is 9.73 Å². The molecule has 1 aliphatic rings. The number of hydrogen-bond donors (Lipinski definition) is 1. The van der Waals surface area contributed by atoms with E-state index in [0.29, 0.717) is 46.8 Å². The monoisotopic (exact) mass is 386 g/mol. The third-order valence-electron chi connectivity index (χ3n) is 4.61. The Hall–Kier alpha value is -2.70. The van der Waals surface area contributed by atoms with E-state index >= 15 is 0 Å². The van der Waals surface area contributed by atoms with Crippen molar-refractivity contribution in [2.45, 2.75) is 13.0 Å². The molecular weight excluding hydrogens is 371 g/mol. The molecule has 4 rings (SSSR count). The summed E-state index contributed by atoms with van der Waals surface area (Å²) in [6, 6.07) is 11.1. The van der Waals surface area contributed by atoms with Gasteiger partial charge in [-0.05, 0) is 30.7 Å². The standard InChI is InChI=1S/C20H16ClFN2O3/c21-14-5-3-4-13-19(26)12-8-9-24(10-17(12)27-20(13)14)11-18(25)23-16-7-2-1-6-15(16)22/h1-7H,8-11H2,(H,23,25). The van der Waals surface area contributed by atoms with E-state index in [1.54, 1.807) is 30.3 Å². The molecule has 7 heteroatoms. The second kappa shape index (κ2) is 7.13. The largest absolute Gasteiger partial charge is 0.458 e. The van der Waals surface area contributed by atoms with Crippen molar-refractivity contribution >= 4 is 34.2 Å². The number of benzene rings is 2. The van der Waals surface area contributed by atoms with E-state index in [9.17, 15) is 14.0 Å². The second-order valence-corrected chi connectivity index (χ2v) is 6.85. The first kappa shape index (κ1) is 17.7. The van der Waals surface area contributed by atoms with Gasteiger partial charge in [0.05, 0.1) is 29.2 Å². The summed E-state index contributed by atoms with van der Waals surface area (Å²) < 4.78 is 19.5. The molecule has 5 nitrogen and oxygen atoms in total. The number of anilines is 1. The highest BCUT2D eigenvalue weighted by Gasteiger charge is 2.24. The molecule has 0 spiro atoms. The number of halogens is 2. The number of carbonyl (C=O) groups excluding carboxylic acids is 1. The van der Waals surface area contributed by atoms with Gasteiger partial charge in [-0.3, -0.25) is 14.5 Å². The molecular formula is C20H16ClFN2O3. The first-order valence-electron chi connectivity index (χ1n) is 8.53. The Morgan fingerprint density at radius 3 is 2.85 bits per heavy atom. The average molecular weight is 387 g/mol. The van der Waals surface area contributed by atoms with Gasteiger partial charge in [0.25, 0.3) is 0 Å². The van der Waals surface area contributed by atoms with E-state index in [-0.39, 0.29) is 23.6 Å². The van der Waals surface area contributed by atoms with Gasteiger partial charge in [-0.1, -0.05) is 29.8 Å². The summed E-state index contributed by atoms with van der Waals surface area (Å²) in [4.78, 5) is 26.8. The van der Waals surface area contributed by atoms with Crippen molar-refractivity contribution in [3.63, 3.8) is 0 Å². The Balaban J connectivity index is 1.54. The lowest BCUT2D eigenvalue weighted by molar-refractivity contribution is -0.117. The fourth-order valence-corrected chi connectivity index (χ4v) is 3.50. The van der Waals surface area contributed by atoms with Crippen molar-refractivity contribution in [3.05, 3.63) is 74.9 Å². The van der Waals surface area contributed by atoms with Crippen molar-refractivity contribution in [1.82, 2.24) is 4.90 Å². The molecule has 1 amide bonds. The molecule has 1 N–H and O–H groups in total. The quantitative estimate of drug-likeness (QED) is 0.747. The third-order valence-corrected chi connectivity index (χ3v) is 4.91. The van der Waals surface area contributed by atoms with E-state index in [0.717, 1.165) is 0 Å². The van der Waals surface area contributed by atoms with Crippen molar-refractivity contribution in [2.24, 2.45) is 0 Å². The van der Waals surface area contributed by atoms with Crippen LogP contribution in [0.5, 0.6) is 0 Å². The van der Waals surface area contributed by atoms with Crippen LogP contribution in [0.3, 0.4) is 0 Å². The Kier molecular flexibility index (Phi) is 4.68. The Bertz CT molecular complexity index is 1100. The zero-order chi connectivity index (χ0) is 19.0. The van der Waals surface area contributed by atoms with Crippen LogP contribution < -0.4 is 10.7 Å². The molecule has 0 unspecified atom stereocenters. The second-order valence-electron chi connectivity index (χ2n) is 6.44. The predicted molar refractivity (Wildman–Crippen MR) is 102 cm³/mol. The normalized spacial score (nSPS) is 14.1. The molecule has 0 saturated heterocycles. The lowest BCUT2D eigenvalue weighted by Gasteiger charge is -2.26. The van der Waals surface area contributed by atoms with Crippen LogP contribution in [0.15, 0.2) is 51.7 Å². The van der Waals surface area contributed by atoms with E-state index in [1.807, 2.05) is 4.90 Å². The molecule has 3 aromatic rings. The summed E-state index contributed by atoms with van der Waals surface area (Å²) in [5.41, 5.74) is 1.05. The number of amides is 1. The van der Waals surface area contributed by atoms with Crippen LogP contribution in [0.4, 0.5) is 10.1 Å². The molecule has 0 aliphatic carbocycles. The van der Waals surface area contributed by atoms with Gasteiger partial charge in [0.15, 0.2) is 11.0 Å². The minimum absolute atomic E-state index is 0.0675. The number of nitrogens with one attached hydrogen (secondary N) is 1. The maximum atomic E-state index is 13.7. The van der Waals surface area contributed by atoms with E-state index in [2.05, 4.69) is 5.32 Å². The maximum absolute atomic E-state index is 13.7. The Morgan fingerprint density at radius 2 is 2.04 bits per heavy atom. The fourth-order valence-electron chi connectivity index (χ4n) is 3.29. The highest BCUT2D eigenvalue weighted by Crippen LogP contribution is 2.26. The third kappa shape index (κ3) is 3.46. The molecule has 0 bridgehead atoms. The molecule has 2 aromatic carbocycles. The highest BCUT2D eigenvalue weighted by atomic mass is 35.5. The number of carbonyl (C=O) groups is 1. The van der Waals surface area contributed by atoms with Crippen molar-refractivity contribution in [1.29, 1.82) is 0 Å². The molecule has 1 aromatic heterocycles. The van der Waals surface area contributed by atoms with Crippen LogP contribution in [0.2, 0.25) is 5.02 Å². The lowest BCUT2D eigenvalue weighted by Crippen LogP contribution is -2.38. The minimum Gasteiger partial charge on any atom is -0.458 e. The summed E-state index contributed by atoms with van der Waals surface area (Å²) in [6.07, 6.45) is 0.479. The fraction of sp³-hybridized carbons (Fsp3) is 0.200. The number of para-hydroxylation sites is 2. The summed E-state index contributed by atoms with van der Waals surface area (Å²) in [5.74, 6) is -0.294. The molecule has 1 aliphatic heterocycles. The minimum atomic E-state index is -0.484. The zero-order valence-electron chi connectivity index (χ0n) is 14.3. The van der Waals surface area contributed by atoms with Gasteiger partial charge >= 0.3 is 0 Å². The number of rotatable bonds is 3. The zero-order valence-corrected chi connectivity index (χ0v) is 15.1. The molecule has 0 atom stereocenters. The van der Waals surface area contributed by atoms with Gasteiger partial charge in [-0.25, -0.2) is 4.39 Å². The molecule has 0 fully saturated rings. The van der Waals surface area contributed by atoms with Gasteiger partial charge in [-0.2, -0.15) is 0 Å². The van der Waals surface area contributed by atoms with Crippen LogP contribution in [0.25, 0.3) is 11.0 Å². The molecule has 27 heavy (non-hydrogen) atoms. The van der Waals surface area contributed by atoms with Crippen LogP contribution in [0, 0.1) is 5.82 Å². The van der Waals surface area contributed by atoms with Gasteiger partial charge in [0.2, 0.25) is 5.91 Å². The maximum Gasteiger partial charge on any atom is 0.238 e. The Labute approximate surface area is 159 Å². The van der Waals surface area contributed by atoms with Crippen LogP contribution in [0.1, 0.15) is 11.3 Å². The van der Waals surface area contributed by atoms with E-state index in [4.69, 9.17) is 16.0 Å². The van der Waals surface area contributed by atoms with Crippen LogP contribution in [-0.4, -0.2) is 23.9 Å². The first-order valence-corrected chi connectivity index (χ1v) is 8.90. The highest BCUT2D eigenvalue weighted by molar-refractivity contribution is 6.34. The van der Waals surface area contributed by atoms with Crippen LogP contribution in [-0.2, 0) is 17.8 Å². The lowest BCUT2D eigenvalue weighted by atomic mass is 10.0. The van der Waals surface area contributed by atoms with Crippen molar-refractivity contribution in [2.75, 3.05) is 18.4 Å². The molecule has 2 heterocycles. The molecule has 0 radical (unpaired) electrons. The first-order chi connectivity index (χ1) is 13.0. The van der Waals surface area contributed by atoms with E-state index < -0.39 is 5.82 Å². The average Bonchev–Trinajstić information content (AvgIpc) is 2.65. The van der Waals surface area contributed by atoms with Gasteiger partial charge in [0.1, 0.15) is 11.6 Å². The van der Waals surface area contributed by atoms with Crippen LogP contribution >= 0.6 is 11.6 Å². The molecule has 0 saturated carbocycles. The summed E-state index contributed by atoms with van der Waals surface area (Å²) >= 11 is 6.15.